The molecular formula is C12H20N4. The first-order chi connectivity index (χ1) is 7.81. The van der Waals surface area contributed by atoms with Crippen molar-refractivity contribution < 1.29 is 0 Å². The minimum atomic E-state index is 0.601. The van der Waals surface area contributed by atoms with E-state index >= 15 is 0 Å². The van der Waals surface area contributed by atoms with Crippen molar-refractivity contribution in [2.75, 3.05) is 17.6 Å². The molecule has 1 fully saturated rings. The number of nitrogens with one attached hydrogen (secondary N) is 1. The maximum absolute atomic E-state index is 5.81. The number of nitrogens with zero attached hydrogens (tertiary/aromatic N) is 2. The summed E-state index contributed by atoms with van der Waals surface area (Å²) in [6.07, 6.45) is 7.85. The highest BCUT2D eigenvalue weighted by molar-refractivity contribution is 5.54. The van der Waals surface area contributed by atoms with Gasteiger partial charge in [-0.3, -0.25) is 0 Å². The third kappa shape index (κ3) is 2.43. The molecule has 0 aromatic carbocycles. The summed E-state index contributed by atoms with van der Waals surface area (Å²) in [7, 11) is 0. The van der Waals surface area contributed by atoms with Crippen molar-refractivity contribution in [2.45, 2.75) is 39.0 Å². The molecule has 4 nitrogen and oxygen atoms in total. The van der Waals surface area contributed by atoms with E-state index in [4.69, 9.17) is 5.73 Å². The van der Waals surface area contributed by atoms with Crippen LogP contribution in [0.1, 0.15) is 38.2 Å². The molecule has 88 valence electrons. The maximum atomic E-state index is 5.81. The number of nitrogen functional groups attached to an aromatic ring is 1. The molecule has 0 radical (unpaired) electrons. The standard InChI is InChI=1S/C12H20N4/c1-2-10-11(13)15-8-16-12(10)14-7-6-9-4-3-5-9/h8-9H,2-7H2,1H3,(H3,13,14,15,16). The SMILES string of the molecule is CCc1c(N)ncnc1NCCC1CCC1. The van der Waals surface area contributed by atoms with Gasteiger partial charge in [0.15, 0.2) is 0 Å². The maximum Gasteiger partial charge on any atom is 0.134 e. The first kappa shape index (κ1) is 11.2. The molecule has 0 saturated heterocycles. The molecule has 0 spiro atoms. The fourth-order valence-corrected chi connectivity index (χ4v) is 2.10. The van der Waals surface area contributed by atoms with Crippen molar-refractivity contribution in [2.24, 2.45) is 5.92 Å². The lowest BCUT2D eigenvalue weighted by molar-refractivity contribution is 0.303. The van der Waals surface area contributed by atoms with Crippen LogP contribution in [0.3, 0.4) is 0 Å². The highest BCUT2D eigenvalue weighted by atomic mass is 15.0. The number of rotatable bonds is 5. The molecule has 1 aromatic rings. The van der Waals surface area contributed by atoms with E-state index < -0.39 is 0 Å². The van der Waals surface area contributed by atoms with Gasteiger partial charge in [-0.2, -0.15) is 0 Å². The summed E-state index contributed by atoms with van der Waals surface area (Å²) in [6, 6.07) is 0. The lowest BCUT2D eigenvalue weighted by atomic mass is 9.83. The summed E-state index contributed by atoms with van der Waals surface area (Å²) in [4.78, 5) is 8.26. The van der Waals surface area contributed by atoms with E-state index in [1.165, 1.54) is 32.0 Å². The average Bonchev–Trinajstić information content (AvgIpc) is 2.22. The van der Waals surface area contributed by atoms with Gasteiger partial charge in [-0.05, 0) is 18.8 Å². The Morgan fingerprint density at radius 3 is 2.88 bits per heavy atom. The van der Waals surface area contributed by atoms with Gasteiger partial charge < -0.3 is 11.1 Å². The monoisotopic (exact) mass is 220 g/mol. The molecule has 4 heteroatoms. The fourth-order valence-electron chi connectivity index (χ4n) is 2.10. The predicted octanol–water partition coefficient (Wildman–Crippen LogP) is 2.22. The average molecular weight is 220 g/mol. The van der Waals surface area contributed by atoms with E-state index in [-0.39, 0.29) is 0 Å². The van der Waals surface area contributed by atoms with Crippen LogP contribution in [0.2, 0.25) is 0 Å². The van der Waals surface area contributed by atoms with Gasteiger partial charge in [-0.1, -0.05) is 26.2 Å². The summed E-state index contributed by atoms with van der Waals surface area (Å²) in [5.41, 5.74) is 6.85. The summed E-state index contributed by atoms with van der Waals surface area (Å²) in [5.74, 6) is 2.44. The van der Waals surface area contributed by atoms with Gasteiger partial charge in [0.25, 0.3) is 0 Å². The second-order valence-corrected chi connectivity index (χ2v) is 4.45. The second kappa shape index (κ2) is 5.14. The van der Waals surface area contributed by atoms with E-state index in [0.717, 1.165) is 30.3 Å². The Hall–Kier alpha value is -1.32. The van der Waals surface area contributed by atoms with Crippen molar-refractivity contribution in [1.29, 1.82) is 0 Å². The van der Waals surface area contributed by atoms with Gasteiger partial charge >= 0.3 is 0 Å². The molecule has 0 atom stereocenters. The zero-order chi connectivity index (χ0) is 11.4. The minimum absolute atomic E-state index is 0.601. The molecule has 1 aliphatic carbocycles. The Kier molecular flexibility index (Phi) is 3.59. The lowest BCUT2D eigenvalue weighted by Crippen LogP contribution is -2.17. The minimum Gasteiger partial charge on any atom is -0.383 e. The van der Waals surface area contributed by atoms with Gasteiger partial charge in [0.2, 0.25) is 0 Å². The third-order valence-corrected chi connectivity index (χ3v) is 3.40. The predicted molar refractivity (Wildman–Crippen MR) is 66.3 cm³/mol. The van der Waals surface area contributed by atoms with Crippen LogP contribution in [0.5, 0.6) is 0 Å². The molecule has 0 aliphatic heterocycles. The van der Waals surface area contributed by atoms with Gasteiger partial charge in [0.05, 0.1) is 0 Å². The number of hydrogen-bond acceptors (Lipinski definition) is 4. The van der Waals surface area contributed by atoms with Gasteiger partial charge in [-0.15, -0.1) is 0 Å². The topological polar surface area (TPSA) is 63.8 Å². The van der Waals surface area contributed by atoms with Crippen LogP contribution in [-0.4, -0.2) is 16.5 Å². The summed E-state index contributed by atoms with van der Waals surface area (Å²) >= 11 is 0. The molecule has 1 aromatic heterocycles. The van der Waals surface area contributed by atoms with Gasteiger partial charge in [0.1, 0.15) is 18.0 Å². The summed E-state index contributed by atoms with van der Waals surface area (Å²) < 4.78 is 0. The van der Waals surface area contributed by atoms with Gasteiger partial charge in [0, 0.05) is 12.1 Å². The zero-order valence-corrected chi connectivity index (χ0v) is 9.87. The molecule has 0 amide bonds. The van der Waals surface area contributed by atoms with E-state index in [1.54, 1.807) is 0 Å². The molecular weight excluding hydrogens is 200 g/mol. The quantitative estimate of drug-likeness (QED) is 0.798. The zero-order valence-electron chi connectivity index (χ0n) is 9.87. The highest BCUT2D eigenvalue weighted by Crippen LogP contribution is 2.29. The van der Waals surface area contributed by atoms with Crippen LogP contribution >= 0.6 is 0 Å². The summed E-state index contributed by atoms with van der Waals surface area (Å²) in [5, 5.41) is 3.37. The fraction of sp³-hybridized carbons (Fsp3) is 0.667. The number of hydrogen-bond donors (Lipinski definition) is 2. The molecule has 0 unspecified atom stereocenters. The molecule has 1 saturated carbocycles. The van der Waals surface area contributed by atoms with Crippen molar-refractivity contribution >= 4 is 11.6 Å². The van der Waals surface area contributed by atoms with Crippen LogP contribution in [0.15, 0.2) is 6.33 Å². The Balaban J connectivity index is 1.89. The first-order valence-electron chi connectivity index (χ1n) is 6.14. The van der Waals surface area contributed by atoms with E-state index in [1.807, 2.05) is 0 Å². The van der Waals surface area contributed by atoms with Crippen LogP contribution in [0.4, 0.5) is 11.6 Å². The molecule has 16 heavy (non-hydrogen) atoms. The van der Waals surface area contributed by atoms with Crippen molar-refractivity contribution in [1.82, 2.24) is 9.97 Å². The Labute approximate surface area is 96.7 Å². The molecule has 1 aliphatic rings. The first-order valence-corrected chi connectivity index (χ1v) is 6.14. The molecule has 3 N–H and O–H groups in total. The Morgan fingerprint density at radius 2 is 2.25 bits per heavy atom. The highest BCUT2D eigenvalue weighted by Gasteiger charge is 2.16. The van der Waals surface area contributed by atoms with Crippen LogP contribution in [-0.2, 0) is 6.42 Å². The van der Waals surface area contributed by atoms with Crippen LogP contribution in [0, 0.1) is 5.92 Å². The van der Waals surface area contributed by atoms with E-state index in [9.17, 15) is 0 Å². The Morgan fingerprint density at radius 1 is 1.44 bits per heavy atom. The second-order valence-electron chi connectivity index (χ2n) is 4.45. The number of aromatic nitrogens is 2. The number of nitrogens with two attached hydrogens (primary N) is 1. The normalized spacial score (nSPS) is 15.8. The Bertz CT molecular complexity index is 347. The lowest BCUT2D eigenvalue weighted by Gasteiger charge is -2.25. The van der Waals surface area contributed by atoms with E-state index in [2.05, 4.69) is 22.2 Å². The van der Waals surface area contributed by atoms with Crippen molar-refractivity contribution in [3.63, 3.8) is 0 Å². The number of anilines is 2. The van der Waals surface area contributed by atoms with Gasteiger partial charge in [-0.25, -0.2) is 9.97 Å². The van der Waals surface area contributed by atoms with Crippen molar-refractivity contribution in [3.05, 3.63) is 11.9 Å². The third-order valence-electron chi connectivity index (χ3n) is 3.40. The van der Waals surface area contributed by atoms with E-state index in [0.29, 0.717) is 5.82 Å². The van der Waals surface area contributed by atoms with Crippen LogP contribution < -0.4 is 11.1 Å². The molecule has 0 bridgehead atoms. The summed E-state index contributed by atoms with van der Waals surface area (Å²) in [6.45, 7) is 3.07. The molecule has 1 heterocycles. The van der Waals surface area contributed by atoms with Crippen molar-refractivity contribution in [3.8, 4) is 0 Å². The molecule has 2 rings (SSSR count). The van der Waals surface area contributed by atoms with Crippen LogP contribution in [0.25, 0.3) is 0 Å². The smallest absolute Gasteiger partial charge is 0.134 e. The largest absolute Gasteiger partial charge is 0.383 e.